The van der Waals surface area contributed by atoms with Gasteiger partial charge in [-0.15, -0.1) is 0 Å². The van der Waals surface area contributed by atoms with Gasteiger partial charge < -0.3 is 9.42 Å². The van der Waals surface area contributed by atoms with E-state index in [1.54, 1.807) is 0 Å². The third-order valence-corrected chi connectivity index (χ3v) is 3.92. The number of nitrogens with zero attached hydrogens (tertiary/aromatic N) is 3. The van der Waals surface area contributed by atoms with Crippen molar-refractivity contribution in [2.75, 3.05) is 13.1 Å². The van der Waals surface area contributed by atoms with Gasteiger partial charge in [-0.2, -0.15) is 0 Å². The van der Waals surface area contributed by atoms with Gasteiger partial charge in [0.15, 0.2) is 0 Å². The summed E-state index contributed by atoms with van der Waals surface area (Å²) in [5.74, 6) is 1.09. The van der Waals surface area contributed by atoms with Gasteiger partial charge in [0.05, 0.1) is 16.6 Å². The van der Waals surface area contributed by atoms with Crippen LogP contribution in [0.3, 0.4) is 0 Å². The molecule has 0 aliphatic rings. The molecule has 0 unspecified atom stereocenters. The van der Waals surface area contributed by atoms with E-state index in [4.69, 9.17) is 4.52 Å². The van der Waals surface area contributed by atoms with Crippen LogP contribution in [0.2, 0.25) is 0 Å². The SMILES string of the molecule is Cc1noc2nc(C(C)C)cc(C(=O)N(CC(C)C)CC(C)C)c12. The van der Waals surface area contributed by atoms with E-state index in [-0.39, 0.29) is 11.8 Å². The summed E-state index contributed by atoms with van der Waals surface area (Å²) in [5.41, 5.74) is 2.68. The van der Waals surface area contributed by atoms with Crippen LogP contribution < -0.4 is 0 Å². The van der Waals surface area contributed by atoms with E-state index in [9.17, 15) is 4.79 Å². The van der Waals surface area contributed by atoms with Crippen molar-refractivity contribution in [2.45, 2.75) is 54.4 Å². The predicted octanol–water partition coefficient (Wildman–Crippen LogP) is 4.41. The Morgan fingerprint density at radius 1 is 1.12 bits per heavy atom. The van der Waals surface area contributed by atoms with E-state index in [2.05, 4.69) is 51.7 Å². The van der Waals surface area contributed by atoms with Crippen molar-refractivity contribution in [3.05, 3.63) is 23.0 Å². The summed E-state index contributed by atoms with van der Waals surface area (Å²) >= 11 is 0. The molecular formula is C19H29N3O2. The molecule has 5 nitrogen and oxygen atoms in total. The van der Waals surface area contributed by atoms with E-state index in [1.165, 1.54) is 0 Å². The second kappa shape index (κ2) is 7.32. The Labute approximate surface area is 144 Å². The third kappa shape index (κ3) is 3.94. The second-order valence-electron chi connectivity index (χ2n) is 7.70. The number of pyridine rings is 1. The minimum atomic E-state index is 0.0398. The van der Waals surface area contributed by atoms with Crippen LogP contribution in [0.5, 0.6) is 0 Å². The molecule has 1 amide bonds. The molecule has 0 atom stereocenters. The number of aryl methyl sites for hydroxylation is 1. The van der Waals surface area contributed by atoms with Crippen LogP contribution in [-0.4, -0.2) is 34.0 Å². The van der Waals surface area contributed by atoms with E-state index in [0.717, 1.165) is 24.2 Å². The largest absolute Gasteiger partial charge is 0.338 e. The van der Waals surface area contributed by atoms with Crippen LogP contribution in [0.4, 0.5) is 0 Å². The van der Waals surface area contributed by atoms with Crippen molar-refractivity contribution in [3.8, 4) is 0 Å². The fraction of sp³-hybridized carbons (Fsp3) is 0.632. The Morgan fingerprint density at radius 2 is 1.71 bits per heavy atom. The number of carbonyl (C=O) groups excluding carboxylic acids is 1. The molecule has 132 valence electrons. The standard InChI is InChI=1S/C19H29N3O2/c1-11(2)9-22(10-12(3)4)19(23)15-8-16(13(5)6)20-18-17(15)14(7)21-24-18/h8,11-13H,9-10H2,1-7H3. The summed E-state index contributed by atoms with van der Waals surface area (Å²) in [6, 6.07) is 1.91. The maximum absolute atomic E-state index is 13.3. The normalized spacial score (nSPS) is 11.9. The van der Waals surface area contributed by atoms with E-state index >= 15 is 0 Å². The lowest BCUT2D eigenvalue weighted by molar-refractivity contribution is 0.0717. The monoisotopic (exact) mass is 331 g/mol. The summed E-state index contributed by atoms with van der Waals surface area (Å²) < 4.78 is 5.34. The van der Waals surface area contributed by atoms with Crippen molar-refractivity contribution < 1.29 is 9.32 Å². The molecule has 0 saturated heterocycles. The summed E-state index contributed by atoms with van der Waals surface area (Å²) in [5, 5.41) is 4.75. The van der Waals surface area contributed by atoms with Crippen LogP contribution in [0.25, 0.3) is 11.1 Å². The first-order chi connectivity index (χ1) is 11.2. The highest BCUT2D eigenvalue weighted by atomic mass is 16.5. The fourth-order valence-electron chi connectivity index (χ4n) is 2.87. The van der Waals surface area contributed by atoms with Crippen LogP contribution in [0.1, 0.15) is 69.2 Å². The van der Waals surface area contributed by atoms with Crippen molar-refractivity contribution in [1.82, 2.24) is 15.0 Å². The molecule has 0 spiro atoms. The molecule has 0 N–H and O–H groups in total. The minimum absolute atomic E-state index is 0.0398. The van der Waals surface area contributed by atoms with Crippen molar-refractivity contribution in [1.29, 1.82) is 0 Å². The smallest absolute Gasteiger partial charge is 0.259 e. The Kier molecular flexibility index (Phi) is 5.62. The first-order valence-corrected chi connectivity index (χ1v) is 8.76. The average Bonchev–Trinajstić information content (AvgIpc) is 2.85. The summed E-state index contributed by atoms with van der Waals surface area (Å²) in [6.07, 6.45) is 0. The van der Waals surface area contributed by atoms with Gasteiger partial charge in [-0.1, -0.05) is 46.7 Å². The molecule has 2 aromatic heterocycles. The van der Waals surface area contributed by atoms with Gasteiger partial charge in [-0.3, -0.25) is 4.79 Å². The van der Waals surface area contributed by atoms with Gasteiger partial charge in [-0.05, 0) is 30.7 Å². The summed E-state index contributed by atoms with van der Waals surface area (Å²) in [4.78, 5) is 19.7. The maximum Gasteiger partial charge on any atom is 0.259 e. The van der Waals surface area contributed by atoms with Gasteiger partial charge in [0.25, 0.3) is 11.6 Å². The molecule has 0 saturated carbocycles. The number of fused-ring (bicyclic) bond motifs is 1. The van der Waals surface area contributed by atoms with E-state index in [0.29, 0.717) is 28.8 Å². The quantitative estimate of drug-likeness (QED) is 0.786. The number of hydrogen-bond donors (Lipinski definition) is 0. The molecule has 24 heavy (non-hydrogen) atoms. The molecule has 2 aromatic rings. The fourth-order valence-corrected chi connectivity index (χ4v) is 2.87. The lowest BCUT2D eigenvalue weighted by Crippen LogP contribution is -2.37. The third-order valence-electron chi connectivity index (χ3n) is 3.92. The number of amides is 1. The van der Waals surface area contributed by atoms with Gasteiger partial charge in [0, 0.05) is 18.8 Å². The number of carbonyl (C=O) groups is 1. The molecule has 0 fully saturated rings. The van der Waals surface area contributed by atoms with Gasteiger partial charge in [0.1, 0.15) is 0 Å². The Hall–Kier alpha value is -1.91. The van der Waals surface area contributed by atoms with E-state index < -0.39 is 0 Å². The Balaban J connectivity index is 2.54. The first kappa shape index (κ1) is 18.4. The lowest BCUT2D eigenvalue weighted by atomic mass is 10.0. The van der Waals surface area contributed by atoms with Gasteiger partial charge in [-0.25, -0.2) is 4.98 Å². The van der Waals surface area contributed by atoms with Crippen molar-refractivity contribution in [2.24, 2.45) is 11.8 Å². The molecule has 2 heterocycles. The Morgan fingerprint density at radius 3 is 2.21 bits per heavy atom. The molecular weight excluding hydrogens is 302 g/mol. The Bertz CT molecular complexity index is 707. The summed E-state index contributed by atoms with van der Waals surface area (Å²) in [6.45, 7) is 16.0. The van der Waals surface area contributed by atoms with E-state index in [1.807, 2.05) is 17.9 Å². The number of rotatable bonds is 6. The topological polar surface area (TPSA) is 59.2 Å². The zero-order valence-electron chi connectivity index (χ0n) is 15.9. The first-order valence-electron chi connectivity index (χ1n) is 8.76. The van der Waals surface area contributed by atoms with Crippen molar-refractivity contribution >= 4 is 17.0 Å². The lowest BCUT2D eigenvalue weighted by Gasteiger charge is -2.27. The minimum Gasteiger partial charge on any atom is -0.338 e. The highest BCUT2D eigenvalue weighted by molar-refractivity contribution is 6.06. The van der Waals surface area contributed by atoms with Gasteiger partial charge >= 0.3 is 0 Å². The zero-order valence-corrected chi connectivity index (χ0v) is 15.9. The average molecular weight is 331 g/mol. The molecule has 2 rings (SSSR count). The number of aromatic nitrogens is 2. The molecule has 0 aliphatic heterocycles. The second-order valence-corrected chi connectivity index (χ2v) is 7.70. The molecule has 0 bridgehead atoms. The van der Waals surface area contributed by atoms with Crippen molar-refractivity contribution in [3.63, 3.8) is 0 Å². The highest BCUT2D eigenvalue weighted by Gasteiger charge is 2.24. The predicted molar refractivity (Wildman–Crippen MR) is 96.2 cm³/mol. The van der Waals surface area contributed by atoms with Crippen LogP contribution in [0.15, 0.2) is 10.6 Å². The van der Waals surface area contributed by atoms with Gasteiger partial charge in [0.2, 0.25) is 0 Å². The van der Waals surface area contributed by atoms with Crippen LogP contribution >= 0.6 is 0 Å². The molecule has 0 aromatic carbocycles. The molecule has 5 heteroatoms. The molecule has 0 aliphatic carbocycles. The number of hydrogen-bond acceptors (Lipinski definition) is 4. The van der Waals surface area contributed by atoms with Crippen LogP contribution in [0, 0.1) is 18.8 Å². The highest BCUT2D eigenvalue weighted by Crippen LogP contribution is 2.26. The zero-order chi connectivity index (χ0) is 18.0. The maximum atomic E-state index is 13.3. The van der Waals surface area contributed by atoms with Crippen LogP contribution in [-0.2, 0) is 0 Å². The summed E-state index contributed by atoms with van der Waals surface area (Å²) in [7, 11) is 0. The molecule has 0 radical (unpaired) electrons.